The summed E-state index contributed by atoms with van der Waals surface area (Å²) >= 11 is 0. The van der Waals surface area contributed by atoms with Crippen LogP contribution in [0.4, 0.5) is 24.8 Å². The van der Waals surface area contributed by atoms with Gasteiger partial charge in [-0.2, -0.15) is 13.2 Å². The van der Waals surface area contributed by atoms with E-state index in [9.17, 15) is 22.8 Å². The molecular weight excluding hydrogens is 457 g/mol. The Morgan fingerprint density at radius 2 is 1.94 bits per heavy atom. The maximum Gasteiger partial charge on any atom is 0.422 e. The Balaban J connectivity index is 1.31. The molecular formula is C21H23F3N6O4. The average molecular weight is 486 g/mol. The lowest BCUT2D eigenvalue weighted by molar-refractivity contribution is -0.154. The summed E-state index contributed by atoms with van der Waals surface area (Å²) in [5, 5.41) is 0. The third kappa shape index (κ3) is 5.29. The molecule has 34 heavy (non-hydrogen) atoms. The van der Waals surface area contributed by atoms with Gasteiger partial charge < -0.3 is 24.2 Å². The summed E-state index contributed by atoms with van der Waals surface area (Å²) in [5.41, 5.74) is 0.373. The monoisotopic (exact) mass is 486 g/mol. The van der Waals surface area contributed by atoms with E-state index in [2.05, 4.69) is 19.7 Å². The molecule has 0 bridgehead atoms. The molecule has 2 saturated heterocycles. The summed E-state index contributed by atoms with van der Waals surface area (Å²) < 4.78 is 91.2. The fraction of sp³-hybridized carbons (Fsp3) is 0.476. The Kier molecular flexibility index (Phi) is 4.63. The van der Waals surface area contributed by atoms with Crippen LogP contribution in [0.25, 0.3) is 0 Å². The molecule has 0 spiro atoms. The van der Waals surface area contributed by atoms with Gasteiger partial charge in [0.25, 0.3) is 5.91 Å². The molecule has 2 aromatic rings. The SMILES string of the molecule is [2H]C([2H])([2H])N(C(=O)C1CN(c2ncc(N3CC[C@@H](Oc4ccc(OCC(F)(F)F)nc4)C3=O)cn2)C1)C([2H])([2H])[2H]. The number of amides is 2. The highest BCUT2D eigenvalue weighted by Gasteiger charge is 2.37. The molecule has 4 heterocycles. The van der Waals surface area contributed by atoms with Crippen molar-refractivity contribution in [2.24, 2.45) is 5.92 Å². The lowest BCUT2D eigenvalue weighted by atomic mass is 9.99. The molecule has 4 rings (SSSR count). The summed E-state index contributed by atoms with van der Waals surface area (Å²) in [6.07, 6.45) is -1.12. The average Bonchev–Trinajstić information content (AvgIpc) is 3.15. The number of ether oxygens (including phenoxy) is 2. The second kappa shape index (κ2) is 9.31. The van der Waals surface area contributed by atoms with E-state index in [4.69, 9.17) is 13.0 Å². The number of halogens is 3. The molecule has 0 N–H and O–H groups in total. The standard InChI is InChI=1S/C21H23F3N6O4/c1-28(2)18(31)13-10-29(11-13)20-26-7-14(8-27-20)30-6-5-16(19(30)32)34-15-3-4-17(25-9-15)33-12-21(22,23)24/h3-4,7-9,13,16H,5-6,10-12H2,1-2H3/t16-/m1/s1/i1D3,2D3. The smallest absolute Gasteiger partial charge is 0.422 e. The molecule has 0 aromatic carbocycles. The summed E-state index contributed by atoms with van der Waals surface area (Å²) in [7, 11) is 0. The molecule has 2 aliphatic heterocycles. The lowest BCUT2D eigenvalue weighted by Gasteiger charge is -2.39. The van der Waals surface area contributed by atoms with Gasteiger partial charge in [0.15, 0.2) is 12.7 Å². The quantitative estimate of drug-likeness (QED) is 0.581. The number of anilines is 2. The van der Waals surface area contributed by atoms with E-state index >= 15 is 0 Å². The van der Waals surface area contributed by atoms with E-state index in [0.717, 1.165) is 6.20 Å². The second-order valence-electron chi connectivity index (χ2n) is 7.64. The molecule has 0 saturated carbocycles. The first-order valence-electron chi connectivity index (χ1n) is 13.1. The molecule has 10 nitrogen and oxygen atoms in total. The molecule has 1 atom stereocenters. The van der Waals surface area contributed by atoms with Gasteiger partial charge in [-0.3, -0.25) is 9.59 Å². The van der Waals surface area contributed by atoms with Crippen LogP contribution in [0.1, 0.15) is 14.6 Å². The van der Waals surface area contributed by atoms with Crippen LogP contribution in [0.15, 0.2) is 30.7 Å². The zero-order chi connectivity index (χ0) is 29.5. The van der Waals surface area contributed by atoms with Gasteiger partial charge in [0.05, 0.1) is 30.2 Å². The minimum atomic E-state index is -4.50. The van der Waals surface area contributed by atoms with Crippen LogP contribution >= 0.6 is 0 Å². The topological polar surface area (TPSA) is 101 Å². The van der Waals surface area contributed by atoms with E-state index in [0.29, 0.717) is 12.1 Å². The first kappa shape index (κ1) is 16.9. The second-order valence-corrected chi connectivity index (χ2v) is 7.64. The van der Waals surface area contributed by atoms with Crippen LogP contribution in [0.5, 0.6) is 11.6 Å². The maximum atomic E-state index is 12.9. The number of hydrogen-bond donors (Lipinski definition) is 0. The fourth-order valence-electron chi connectivity index (χ4n) is 3.46. The van der Waals surface area contributed by atoms with Gasteiger partial charge in [-0.05, 0) is 6.07 Å². The van der Waals surface area contributed by atoms with E-state index in [1.807, 2.05) is 0 Å². The van der Waals surface area contributed by atoms with Crippen LogP contribution < -0.4 is 19.3 Å². The number of nitrogens with zero attached hydrogens (tertiary/aromatic N) is 6. The Labute approximate surface area is 201 Å². The van der Waals surface area contributed by atoms with Gasteiger partial charge >= 0.3 is 6.18 Å². The van der Waals surface area contributed by atoms with Crippen molar-refractivity contribution < 1.29 is 40.5 Å². The van der Waals surface area contributed by atoms with Crippen molar-refractivity contribution in [2.45, 2.75) is 18.7 Å². The van der Waals surface area contributed by atoms with E-state index in [-0.39, 0.29) is 42.1 Å². The molecule has 2 aromatic heterocycles. The number of pyridine rings is 1. The first-order chi connectivity index (χ1) is 18.5. The molecule has 2 amide bonds. The molecule has 13 heteroatoms. The van der Waals surface area contributed by atoms with Gasteiger partial charge in [-0.15, -0.1) is 0 Å². The maximum absolute atomic E-state index is 12.9. The zero-order valence-corrected chi connectivity index (χ0v) is 17.5. The number of carbonyl (C=O) groups is 2. The molecule has 0 unspecified atom stereocenters. The van der Waals surface area contributed by atoms with Gasteiger partial charge in [0.1, 0.15) is 5.75 Å². The number of aromatic nitrogens is 3. The molecule has 182 valence electrons. The van der Waals surface area contributed by atoms with Crippen molar-refractivity contribution in [1.82, 2.24) is 19.9 Å². The van der Waals surface area contributed by atoms with Gasteiger partial charge in [0, 0.05) is 54.3 Å². The Bertz CT molecular complexity index is 1210. The van der Waals surface area contributed by atoms with E-state index < -0.39 is 50.6 Å². The predicted molar refractivity (Wildman–Crippen MR) is 114 cm³/mol. The largest absolute Gasteiger partial charge is 0.479 e. The molecule has 0 aliphatic carbocycles. The Morgan fingerprint density at radius 1 is 1.21 bits per heavy atom. The summed E-state index contributed by atoms with van der Waals surface area (Å²) in [4.78, 5) is 40.4. The minimum absolute atomic E-state index is 0.0213. The van der Waals surface area contributed by atoms with E-state index in [1.54, 1.807) is 4.90 Å². The van der Waals surface area contributed by atoms with Crippen LogP contribution in [0.3, 0.4) is 0 Å². The van der Waals surface area contributed by atoms with Crippen LogP contribution in [0.2, 0.25) is 0 Å². The number of rotatable bonds is 7. The van der Waals surface area contributed by atoms with Crippen molar-refractivity contribution in [3.05, 3.63) is 30.7 Å². The summed E-state index contributed by atoms with van der Waals surface area (Å²) in [6.45, 7) is -7.39. The van der Waals surface area contributed by atoms with Crippen molar-refractivity contribution in [1.29, 1.82) is 0 Å². The lowest BCUT2D eigenvalue weighted by Crippen LogP contribution is -2.54. The minimum Gasteiger partial charge on any atom is -0.479 e. The zero-order valence-electron chi connectivity index (χ0n) is 23.5. The van der Waals surface area contributed by atoms with Crippen LogP contribution in [0, 0.1) is 5.92 Å². The highest BCUT2D eigenvalue weighted by atomic mass is 19.4. The number of alkyl halides is 3. The van der Waals surface area contributed by atoms with Crippen molar-refractivity contribution in [3.8, 4) is 11.6 Å². The number of carbonyl (C=O) groups excluding carboxylic acids is 2. The Hall–Kier alpha value is -3.64. The summed E-state index contributed by atoms with van der Waals surface area (Å²) in [5.74, 6) is -2.13. The van der Waals surface area contributed by atoms with Crippen LogP contribution in [-0.2, 0) is 9.59 Å². The summed E-state index contributed by atoms with van der Waals surface area (Å²) in [6, 6.07) is 2.54. The third-order valence-corrected chi connectivity index (χ3v) is 5.20. The van der Waals surface area contributed by atoms with Crippen molar-refractivity contribution >= 4 is 23.5 Å². The Morgan fingerprint density at radius 3 is 2.56 bits per heavy atom. The predicted octanol–water partition coefficient (Wildman–Crippen LogP) is 1.52. The van der Waals surface area contributed by atoms with Crippen molar-refractivity contribution in [2.75, 3.05) is 50.0 Å². The normalized spacial score (nSPS) is 22.0. The highest BCUT2D eigenvalue weighted by molar-refractivity contribution is 5.98. The third-order valence-electron chi connectivity index (χ3n) is 5.20. The van der Waals surface area contributed by atoms with Crippen molar-refractivity contribution in [3.63, 3.8) is 0 Å². The molecule has 0 radical (unpaired) electrons. The van der Waals surface area contributed by atoms with Gasteiger partial charge in [-0.25, -0.2) is 15.0 Å². The van der Waals surface area contributed by atoms with Crippen LogP contribution in [-0.4, -0.2) is 84.1 Å². The first-order valence-corrected chi connectivity index (χ1v) is 10.1. The van der Waals surface area contributed by atoms with Gasteiger partial charge in [-0.1, -0.05) is 0 Å². The fourth-order valence-corrected chi connectivity index (χ4v) is 3.46. The van der Waals surface area contributed by atoms with E-state index in [1.165, 1.54) is 29.4 Å². The molecule has 2 fully saturated rings. The highest BCUT2D eigenvalue weighted by Crippen LogP contribution is 2.27. The molecule has 2 aliphatic rings. The van der Waals surface area contributed by atoms with Gasteiger partial charge in [0.2, 0.25) is 17.7 Å². The number of hydrogen-bond acceptors (Lipinski definition) is 8.